The molecule has 0 unspecified atom stereocenters. The maximum atomic E-state index is 12.2. The summed E-state index contributed by atoms with van der Waals surface area (Å²) in [5, 5.41) is 0.0109. The average Bonchev–Trinajstić information content (AvgIpc) is 2.85. The molecule has 20 heavy (non-hydrogen) atoms. The quantitative estimate of drug-likeness (QED) is 0.824. The fraction of sp³-hybridized carbons (Fsp3) is 0.200. The van der Waals surface area contributed by atoms with E-state index in [4.69, 9.17) is 0 Å². The van der Waals surface area contributed by atoms with Crippen molar-refractivity contribution >= 4 is 39.3 Å². The van der Waals surface area contributed by atoms with Crippen LogP contribution in [0.3, 0.4) is 0 Å². The second kappa shape index (κ2) is 5.58. The van der Waals surface area contributed by atoms with Crippen molar-refractivity contribution in [2.24, 2.45) is 0 Å². The Labute approximate surface area is 130 Å². The van der Waals surface area contributed by atoms with E-state index < -0.39 is 0 Å². The Morgan fingerprint density at radius 3 is 2.95 bits per heavy atom. The second-order valence-corrected chi connectivity index (χ2v) is 6.57. The van der Waals surface area contributed by atoms with E-state index in [9.17, 15) is 4.79 Å². The minimum atomic E-state index is 0.0109. The number of carbonyl (C=O) groups is 1. The summed E-state index contributed by atoms with van der Waals surface area (Å²) in [7, 11) is 0. The van der Waals surface area contributed by atoms with Crippen molar-refractivity contribution < 1.29 is 4.79 Å². The van der Waals surface area contributed by atoms with Crippen LogP contribution in [0.5, 0.6) is 0 Å². The first-order valence-corrected chi connectivity index (χ1v) is 8.11. The molecule has 0 bridgehead atoms. The summed E-state index contributed by atoms with van der Waals surface area (Å²) in [6, 6.07) is 9.92. The molecule has 1 fully saturated rings. The van der Waals surface area contributed by atoms with Gasteiger partial charge in [-0.25, -0.2) is 0 Å². The molecule has 1 saturated heterocycles. The summed E-state index contributed by atoms with van der Waals surface area (Å²) in [6.45, 7) is 2.03. The Morgan fingerprint density at radius 2 is 2.25 bits per heavy atom. The lowest BCUT2D eigenvalue weighted by Crippen LogP contribution is -2.27. The molecular formula is C15H13BrN2OS. The maximum Gasteiger partial charge on any atom is 0.238 e. The van der Waals surface area contributed by atoms with Crippen molar-refractivity contribution in [3.8, 4) is 0 Å². The number of anilines is 1. The molecule has 0 spiro atoms. The van der Waals surface area contributed by atoms with E-state index in [0.717, 1.165) is 21.3 Å². The normalized spacial score (nSPS) is 18.6. The number of hydrogen-bond acceptors (Lipinski definition) is 3. The fourth-order valence-corrected chi connectivity index (χ4v) is 3.66. The standard InChI is InChI=1S/C15H13BrN2OS/c1-10-7-12(4-5-13(10)16)18-14(19)9-20-15(18)11-3-2-6-17-8-11/h2-8,15H,9H2,1H3/t15-/m1/s1. The van der Waals surface area contributed by atoms with Crippen LogP contribution in [0.2, 0.25) is 0 Å². The summed E-state index contributed by atoms with van der Waals surface area (Å²) < 4.78 is 1.05. The SMILES string of the molecule is Cc1cc(N2C(=O)CS[C@@H]2c2cccnc2)ccc1Br. The van der Waals surface area contributed by atoms with Crippen LogP contribution in [0.1, 0.15) is 16.5 Å². The molecule has 5 heteroatoms. The largest absolute Gasteiger partial charge is 0.295 e. The van der Waals surface area contributed by atoms with Gasteiger partial charge < -0.3 is 0 Å². The van der Waals surface area contributed by atoms with Crippen LogP contribution in [-0.4, -0.2) is 16.6 Å². The van der Waals surface area contributed by atoms with Gasteiger partial charge in [0.15, 0.2) is 0 Å². The molecule has 1 atom stereocenters. The molecule has 0 N–H and O–H groups in total. The Balaban J connectivity index is 2.00. The van der Waals surface area contributed by atoms with Gasteiger partial charge in [-0.15, -0.1) is 11.8 Å². The van der Waals surface area contributed by atoms with Gasteiger partial charge >= 0.3 is 0 Å². The van der Waals surface area contributed by atoms with Crippen LogP contribution in [0.25, 0.3) is 0 Å². The highest BCUT2D eigenvalue weighted by atomic mass is 79.9. The summed E-state index contributed by atoms with van der Waals surface area (Å²) >= 11 is 5.14. The van der Waals surface area contributed by atoms with E-state index in [0.29, 0.717) is 5.75 Å². The van der Waals surface area contributed by atoms with Gasteiger partial charge in [-0.3, -0.25) is 14.7 Å². The number of carbonyl (C=O) groups excluding carboxylic acids is 1. The molecule has 1 aliphatic rings. The van der Waals surface area contributed by atoms with E-state index in [-0.39, 0.29) is 11.3 Å². The van der Waals surface area contributed by atoms with E-state index in [1.807, 2.05) is 48.4 Å². The molecular weight excluding hydrogens is 336 g/mol. The third kappa shape index (κ3) is 2.47. The van der Waals surface area contributed by atoms with Crippen LogP contribution in [0.15, 0.2) is 47.2 Å². The highest BCUT2D eigenvalue weighted by molar-refractivity contribution is 9.10. The first kappa shape index (κ1) is 13.6. The number of amides is 1. The average molecular weight is 349 g/mol. The van der Waals surface area contributed by atoms with E-state index in [1.54, 1.807) is 18.0 Å². The number of pyridine rings is 1. The zero-order chi connectivity index (χ0) is 14.1. The topological polar surface area (TPSA) is 33.2 Å². The van der Waals surface area contributed by atoms with Crippen molar-refractivity contribution in [2.75, 3.05) is 10.7 Å². The molecule has 1 amide bonds. The third-order valence-electron chi connectivity index (χ3n) is 3.26. The molecule has 3 rings (SSSR count). The van der Waals surface area contributed by atoms with Gasteiger partial charge in [0.05, 0.1) is 5.75 Å². The maximum absolute atomic E-state index is 12.2. The zero-order valence-electron chi connectivity index (χ0n) is 10.9. The first-order chi connectivity index (χ1) is 9.66. The molecule has 1 aromatic heterocycles. The number of nitrogens with zero attached hydrogens (tertiary/aromatic N) is 2. The molecule has 0 aliphatic carbocycles. The second-order valence-electron chi connectivity index (χ2n) is 4.65. The summed E-state index contributed by atoms with van der Waals surface area (Å²) in [5.41, 5.74) is 3.12. The van der Waals surface area contributed by atoms with Gasteiger partial charge in [-0.05, 0) is 36.8 Å². The van der Waals surface area contributed by atoms with Crippen LogP contribution in [-0.2, 0) is 4.79 Å². The van der Waals surface area contributed by atoms with E-state index >= 15 is 0 Å². The zero-order valence-corrected chi connectivity index (χ0v) is 13.3. The summed E-state index contributed by atoms with van der Waals surface area (Å²) in [5.74, 6) is 0.653. The Kier molecular flexibility index (Phi) is 3.81. The summed E-state index contributed by atoms with van der Waals surface area (Å²) in [6.07, 6.45) is 3.58. The Bertz CT molecular complexity index is 648. The monoisotopic (exact) mass is 348 g/mol. The van der Waals surface area contributed by atoms with Gasteiger partial charge in [0.2, 0.25) is 5.91 Å². The number of aryl methyl sites for hydroxylation is 1. The van der Waals surface area contributed by atoms with Crippen LogP contribution in [0.4, 0.5) is 5.69 Å². The van der Waals surface area contributed by atoms with Crippen molar-refractivity contribution in [1.29, 1.82) is 0 Å². The number of aromatic nitrogens is 1. The van der Waals surface area contributed by atoms with E-state index in [1.165, 1.54) is 0 Å². The van der Waals surface area contributed by atoms with E-state index in [2.05, 4.69) is 20.9 Å². The lowest BCUT2D eigenvalue weighted by atomic mass is 10.2. The lowest BCUT2D eigenvalue weighted by molar-refractivity contribution is -0.115. The number of rotatable bonds is 2. The van der Waals surface area contributed by atoms with Gasteiger partial charge in [0.25, 0.3) is 0 Å². The van der Waals surface area contributed by atoms with Gasteiger partial charge in [-0.1, -0.05) is 22.0 Å². The molecule has 0 radical (unpaired) electrons. The lowest BCUT2D eigenvalue weighted by Gasteiger charge is -2.24. The van der Waals surface area contributed by atoms with Crippen molar-refractivity contribution in [3.05, 3.63) is 58.3 Å². The van der Waals surface area contributed by atoms with Crippen molar-refractivity contribution in [3.63, 3.8) is 0 Å². The van der Waals surface area contributed by atoms with Gasteiger partial charge in [0.1, 0.15) is 5.37 Å². The Hall–Kier alpha value is -1.33. The molecule has 1 aliphatic heterocycles. The van der Waals surface area contributed by atoms with Gasteiger partial charge in [-0.2, -0.15) is 0 Å². The molecule has 0 saturated carbocycles. The number of thioether (sulfide) groups is 1. The number of benzene rings is 1. The fourth-order valence-electron chi connectivity index (χ4n) is 2.25. The molecule has 1 aromatic carbocycles. The minimum Gasteiger partial charge on any atom is -0.295 e. The number of halogens is 1. The van der Waals surface area contributed by atoms with Crippen molar-refractivity contribution in [1.82, 2.24) is 4.98 Å². The van der Waals surface area contributed by atoms with Crippen LogP contribution >= 0.6 is 27.7 Å². The minimum absolute atomic E-state index is 0.0109. The molecule has 102 valence electrons. The smallest absolute Gasteiger partial charge is 0.238 e. The third-order valence-corrected chi connectivity index (χ3v) is 5.36. The summed E-state index contributed by atoms with van der Waals surface area (Å²) in [4.78, 5) is 18.2. The van der Waals surface area contributed by atoms with Crippen LogP contribution in [0, 0.1) is 6.92 Å². The molecule has 3 nitrogen and oxygen atoms in total. The predicted molar refractivity (Wildman–Crippen MR) is 85.8 cm³/mol. The first-order valence-electron chi connectivity index (χ1n) is 6.26. The highest BCUT2D eigenvalue weighted by Crippen LogP contribution is 2.41. The highest BCUT2D eigenvalue weighted by Gasteiger charge is 2.34. The predicted octanol–water partition coefficient (Wildman–Crippen LogP) is 3.93. The van der Waals surface area contributed by atoms with Gasteiger partial charge in [0, 0.05) is 28.1 Å². The van der Waals surface area contributed by atoms with Crippen LogP contribution < -0.4 is 4.90 Å². The Morgan fingerprint density at radius 1 is 1.40 bits per heavy atom. The number of hydrogen-bond donors (Lipinski definition) is 0. The van der Waals surface area contributed by atoms with Crippen molar-refractivity contribution in [2.45, 2.75) is 12.3 Å². The molecule has 2 aromatic rings. The molecule has 2 heterocycles.